The van der Waals surface area contributed by atoms with E-state index in [2.05, 4.69) is 16.9 Å². The van der Waals surface area contributed by atoms with Gasteiger partial charge in [0.05, 0.1) is 12.3 Å². The molecule has 0 spiro atoms. The van der Waals surface area contributed by atoms with Crippen LogP contribution in [0.3, 0.4) is 0 Å². The number of ether oxygens (including phenoxy) is 1. The largest absolute Gasteiger partial charge is 0.383 e. The van der Waals surface area contributed by atoms with Crippen molar-refractivity contribution in [3.8, 4) is 0 Å². The maximum Gasteiger partial charge on any atom is 0.242 e. The number of amidine groups is 1. The fourth-order valence-corrected chi connectivity index (χ4v) is 3.63. The average molecular weight is 375 g/mol. The number of aryl methyl sites for hydroxylation is 2. The van der Waals surface area contributed by atoms with E-state index in [1.165, 1.54) is 17.3 Å². The Bertz CT molecular complexity index is 718. The molecule has 1 N–H and O–H groups in total. The van der Waals surface area contributed by atoms with Gasteiger partial charge in [-0.25, -0.2) is 4.99 Å². The van der Waals surface area contributed by atoms with Crippen LogP contribution in [0.25, 0.3) is 0 Å². The smallest absolute Gasteiger partial charge is 0.242 e. The number of rotatable bonds is 8. The number of carbonyl (C=O) groups excluding carboxylic acids is 2. The average Bonchev–Trinajstić information content (AvgIpc) is 2.87. The van der Waals surface area contributed by atoms with E-state index in [1.807, 2.05) is 32.0 Å². The Morgan fingerprint density at radius 1 is 1.42 bits per heavy atom. The van der Waals surface area contributed by atoms with Gasteiger partial charge in [0.25, 0.3) is 0 Å². The van der Waals surface area contributed by atoms with E-state index in [1.54, 1.807) is 18.1 Å². The number of aliphatic imine (C=N–C) groups is 1. The second-order valence-corrected chi connectivity index (χ2v) is 7.22. The van der Waals surface area contributed by atoms with Crippen LogP contribution in [-0.4, -0.2) is 53.9 Å². The molecule has 1 aliphatic heterocycles. The first kappa shape index (κ1) is 20.2. The van der Waals surface area contributed by atoms with Crippen LogP contribution in [0.2, 0.25) is 0 Å². The van der Waals surface area contributed by atoms with Gasteiger partial charge in [-0.1, -0.05) is 23.9 Å². The third-order valence-electron chi connectivity index (χ3n) is 4.05. The van der Waals surface area contributed by atoms with Crippen LogP contribution < -0.4 is 5.32 Å². The van der Waals surface area contributed by atoms with Crippen molar-refractivity contribution < 1.29 is 14.3 Å². The van der Waals surface area contributed by atoms with Crippen LogP contribution in [0.15, 0.2) is 35.8 Å². The normalized spacial score (nSPS) is 18.4. The van der Waals surface area contributed by atoms with Crippen LogP contribution >= 0.6 is 11.8 Å². The minimum atomic E-state index is -0.470. The molecule has 0 saturated carbocycles. The Balaban J connectivity index is 2.14. The lowest BCUT2D eigenvalue weighted by Gasteiger charge is -2.14. The number of benzene rings is 1. The molecule has 2 rings (SSSR count). The van der Waals surface area contributed by atoms with Gasteiger partial charge in [0.1, 0.15) is 5.25 Å². The van der Waals surface area contributed by atoms with Gasteiger partial charge in [-0.3, -0.25) is 14.5 Å². The molecule has 0 aromatic heterocycles. The van der Waals surface area contributed by atoms with E-state index < -0.39 is 5.25 Å². The molecule has 1 unspecified atom stereocenters. The first-order valence-electron chi connectivity index (χ1n) is 8.46. The number of hydrogen-bond donors (Lipinski definition) is 1. The van der Waals surface area contributed by atoms with E-state index in [9.17, 15) is 9.59 Å². The molecule has 0 radical (unpaired) electrons. The number of amides is 2. The summed E-state index contributed by atoms with van der Waals surface area (Å²) >= 11 is 1.33. The van der Waals surface area contributed by atoms with Gasteiger partial charge < -0.3 is 10.1 Å². The van der Waals surface area contributed by atoms with Crippen LogP contribution in [0, 0.1) is 13.8 Å². The summed E-state index contributed by atoms with van der Waals surface area (Å²) in [5, 5.41) is 2.88. The first-order valence-corrected chi connectivity index (χ1v) is 9.34. The highest BCUT2D eigenvalue weighted by Crippen LogP contribution is 2.31. The SMILES string of the molecule is C=CCN1C(=O)C(CC(=O)NCCOC)SC1=Nc1ccc(C)c(C)c1. The zero-order valence-corrected chi connectivity index (χ0v) is 16.3. The number of hydrogen-bond acceptors (Lipinski definition) is 5. The summed E-state index contributed by atoms with van der Waals surface area (Å²) in [4.78, 5) is 30.9. The van der Waals surface area contributed by atoms with Crippen LogP contribution in [0.1, 0.15) is 17.5 Å². The maximum absolute atomic E-state index is 12.7. The summed E-state index contributed by atoms with van der Waals surface area (Å²) in [6.07, 6.45) is 1.78. The summed E-state index contributed by atoms with van der Waals surface area (Å²) in [5.41, 5.74) is 3.13. The lowest BCUT2D eigenvalue weighted by atomic mass is 10.1. The van der Waals surface area contributed by atoms with E-state index in [0.29, 0.717) is 24.9 Å². The molecule has 1 aromatic rings. The minimum Gasteiger partial charge on any atom is -0.383 e. The Kier molecular flexibility index (Phi) is 7.41. The highest BCUT2D eigenvalue weighted by atomic mass is 32.2. The molecule has 1 atom stereocenters. The molecular weight excluding hydrogens is 350 g/mol. The molecule has 0 bridgehead atoms. The molecule has 2 amide bonds. The van der Waals surface area contributed by atoms with Gasteiger partial charge in [-0.15, -0.1) is 6.58 Å². The quantitative estimate of drug-likeness (QED) is 0.560. The number of thioether (sulfide) groups is 1. The lowest BCUT2D eigenvalue weighted by molar-refractivity contribution is -0.129. The molecule has 7 heteroatoms. The standard InChI is InChI=1S/C19H25N3O3S/c1-5-9-22-18(24)16(12-17(23)20-8-10-25-4)26-19(22)21-15-7-6-13(2)14(3)11-15/h5-7,11,16H,1,8-10,12H2,2-4H3,(H,20,23). The second-order valence-electron chi connectivity index (χ2n) is 6.05. The molecule has 1 heterocycles. The van der Waals surface area contributed by atoms with Gasteiger partial charge in [0, 0.05) is 26.6 Å². The maximum atomic E-state index is 12.7. The zero-order valence-electron chi connectivity index (χ0n) is 15.4. The van der Waals surface area contributed by atoms with E-state index in [-0.39, 0.29) is 18.2 Å². The molecular formula is C19H25N3O3S. The minimum absolute atomic E-state index is 0.112. The first-order chi connectivity index (χ1) is 12.5. The summed E-state index contributed by atoms with van der Waals surface area (Å²) < 4.78 is 4.91. The molecule has 140 valence electrons. The molecule has 1 fully saturated rings. The third-order valence-corrected chi connectivity index (χ3v) is 5.22. The number of methoxy groups -OCH3 is 1. The van der Waals surface area contributed by atoms with Crippen molar-refractivity contribution in [1.82, 2.24) is 10.2 Å². The molecule has 26 heavy (non-hydrogen) atoms. The summed E-state index contributed by atoms with van der Waals surface area (Å²) in [6, 6.07) is 5.93. The monoisotopic (exact) mass is 375 g/mol. The van der Waals surface area contributed by atoms with Crippen LogP contribution in [0.5, 0.6) is 0 Å². The molecule has 6 nitrogen and oxygen atoms in total. The lowest BCUT2D eigenvalue weighted by Crippen LogP contribution is -2.35. The number of carbonyl (C=O) groups is 2. The highest BCUT2D eigenvalue weighted by Gasteiger charge is 2.38. The highest BCUT2D eigenvalue weighted by molar-refractivity contribution is 8.15. The third kappa shape index (κ3) is 5.19. The van der Waals surface area contributed by atoms with Gasteiger partial charge in [-0.2, -0.15) is 0 Å². The van der Waals surface area contributed by atoms with Crippen molar-refractivity contribution in [3.05, 3.63) is 42.0 Å². The molecule has 1 aliphatic rings. The Morgan fingerprint density at radius 2 is 2.19 bits per heavy atom. The number of nitrogens with zero attached hydrogens (tertiary/aromatic N) is 2. The van der Waals surface area contributed by atoms with E-state index in [4.69, 9.17) is 4.74 Å². The van der Waals surface area contributed by atoms with E-state index >= 15 is 0 Å². The molecule has 1 saturated heterocycles. The summed E-state index contributed by atoms with van der Waals surface area (Å²) in [6.45, 7) is 9.03. The summed E-state index contributed by atoms with van der Waals surface area (Å²) in [7, 11) is 1.57. The topological polar surface area (TPSA) is 71.0 Å². The predicted molar refractivity (Wildman–Crippen MR) is 106 cm³/mol. The van der Waals surface area contributed by atoms with E-state index in [0.717, 1.165) is 11.3 Å². The van der Waals surface area contributed by atoms with Gasteiger partial charge in [0.2, 0.25) is 11.8 Å². The zero-order chi connectivity index (χ0) is 19.1. The molecule has 0 aliphatic carbocycles. The van der Waals surface area contributed by atoms with Crippen LogP contribution in [0.4, 0.5) is 5.69 Å². The van der Waals surface area contributed by atoms with Crippen molar-refractivity contribution >= 4 is 34.4 Å². The Morgan fingerprint density at radius 3 is 2.85 bits per heavy atom. The molecule has 1 aromatic carbocycles. The van der Waals surface area contributed by atoms with Gasteiger partial charge in [0.15, 0.2) is 5.17 Å². The fraction of sp³-hybridized carbons (Fsp3) is 0.421. The summed E-state index contributed by atoms with van der Waals surface area (Å²) in [5.74, 6) is -0.279. The number of nitrogens with one attached hydrogen (secondary N) is 1. The van der Waals surface area contributed by atoms with Crippen molar-refractivity contribution in [1.29, 1.82) is 0 Å². The van der Waals surface area contributed by atoms with Gasteiger partial charge >= 0.3 is 0 Å². The van der Waals surface area contributed by atoms with Crippen molar-refractivity contribution in [2.45, 2.75) is 25.5 Å². The second kappa shape index (κ2) is 9.54. The predicted octanol–water partition coefficient (Wildman–Crippen LogP) is 2.57. The Labute approximate surface area is 158 Å². The van der Waals surface area contributed by atoms with Crippen LogP contribution in [-0.2, 0) is 14.3 Å². The van der Waals surface area contributed by atoms with Crippen molar-refractivity contribution in [3.63, 3.8) is 0 Å². The Hall–Kier alpha value is -2.12. The van der Waals surface area contributed by atoms with Gasteiger partial charge in [-0.05, 0) is 37.1 Å². The van der Waals surface area contributed by atoms with Crippen molar-refractivity contribution in [2.75, 3.05) is 26.8 Å². The fourth-order valence-electron chi connectivity index (χ4n) is 2.46. The van der Waals surface area contributed by atoms with Crippen molar-refractivity contribution in [2.24, 2.45) is 4.99 Å².